The maximum absolute atomic E-state index is 12.9. The van der Waals surface area contributed by atoms with Gasteiger partial charge in [0.1, 0.15) is 24.0 Å². The summed E-state index contributed by atoms with van der Waals surface area (Å²) in [6, 6.07) is 23.0. The summed E-state index contributed by atoms with van der Waals surface area (Å²) in [5.41, 5.74) is 2.64. The third kappa shape index (κ3) is 11.3. The zero-order valence-electron chi connectivity index (χ0n) is 26.7. The fraction of sp³-hybridized carbons (Fsp3) is 0.389. The van der Waals surface area contributed by atoms with E-state index in [1.54, 1.807) is 62.1 Å². The molecule has 0 radical (unpaired) electrons. The maximum atomic E-state index is 12.9. The molecule has 3 aromatic carbocycles. The van der Waals surface area contributed by atoms with E-state index in [0.717, 1.165) is 16.7 Å². The third-order valence-corrected chi connectivity index (χ3v) is 7.64. The number of hydrogen-bond donors (Lipinski definition) is 3. The number of nitrogens with zero attached hydrogens (tertiary/aromatic N) is 1. The molecule has 0 spiro atoms. The molecule has 244 valence electrons. The van der Waals surface area contributed by atoms with Crippen LogP contribution in [0.3, 0.4) is 0 Å². The highest BCUT2D eigenvalue weighted by molar-refractivity contribution is 5.85. The van der Waals surface area contributed by atoms with Crippen LogP contribution >= 0.6 is 0 Å². The highest BCUT2D eigenvalue weighted by Crippen LogP contribution is 2.22. The summed E-state index contributed by atoms with van der Waals surface area (Å²) >= 11 is 0. The van der Waals surface area contributed by atoms with Crippen LogP contribution in [0.15, 0.2) is 78.9 Å². The number of carboxylic acids is 1. The van der Waals surface area contributed by atoms with Crippen molar-refractivity contribution in [2.75, 3.05) is 18.4 Å². The van der Waals surface area contributed by atoms with Crippen LogP contribution in [0.5, 0.6) is 5.75 Å². The van der Waals surface area contributed by atoms with E-state index in [2.05, 4.69) is 10.6 Å². The van der Waals surface area contributed by atoms with E-state index in [0.29, 0.717) is 44.0 Å². The number of carbonyl (C=O) groups excluding carboxylic acids is 3. The zero-order valence-corrected chi connectivity index (χ0v) is 26.7. The summed E-state index contributed by atoms with van der Waals surface area (Å²) in [5, 5.41) is 15.1. The van der Waals surface area contributed by atoms with Gasteiger partial charge in [-0.1, -0.05) is 54.6 Å². The molecule has 10 nitrogen and oxygen atoms in total. The van der Waals surface area contributed by atoms with Gasteiger partial charge in [0, 0.05) is 31.6 Å². The van der Waals surface area contributed by atoms with Crippen molar-refractivity contribution < 1.29 is 33.8 Å². The first-order chi connectivity index (χ1) is 21.9. The number of amides is 3. The molecular formula is C36H43N3O7. The minimum atomic E-state index is -1.09. The summed E-state index contributed by atoms with van der Waals surface area (Å²) in [6.07, 6.45) is 1.40. The van der Waals surface area contributed by atoms with Crippen molar-refractivity contribution in [3.8, 4) is 5.75 Å². The molecule has 46 heavy (non-hydrogen) atoms. The number of anilines is 1. The summed E-state index contributed by atoms with van der Waals surface area (Å²) in [4.78, 5) is 51.4. The van der Waals surface area contributed by atoms with Crippen LogP contribution in [0.1, 0.15) is 56.7 Å². The van der Waals surface area contributed by atoms with E-state index in [4.69, 9.17) is 9.47 Å². The fourth-order valence-corrected chi connectivity index (χ4v) is 5.21. The van der Waals surface area contributed by atoms with E-state index in [1.807, 2.05) is 42.5 Å². The van der Waals surface area contributed by atoms with Crippen LogP contribution in [-0.2, 0) is 38.6 Å². The molecule has 0 bridgehead atoms. The first-order valence-corrected chi connectivity index (χ1v) is 15.6. The van der Waals surface area contributed by atoms with Gasteiger partial charge in [0.25, 0.3) is 0 Å². The number of carbonyl (C=O) groups is 4. The highest BCUT2D eigenvalue weighted by Gasteiger charge is 2.27. The average molecular weight is 630 g/mol. The predicted molar refractivity (Wildman–Crippen MR) is 174 cm³/mol. The van der Waals surface area contributed by atoms with Gasteiger partial charge in [0.2, 0.25) is 11.8 Å². The number of hydrogen-bond acceptors (Lipinski definition) is 6. The van der Waals surface area contributed by atoms with Gasteiger partial charge < -0.3 is 24.8 Å². The first kappa shape index (κ1) is 34.0. The Labute approximate surface area is 270 Å². The lowest BCUT2D eigenvalue weighted by Crippen LogP contribution is -2.44. The number of ether oxygens (including phenoxy) is 2. The highest BCUT2D eigenvalue weighted by atomic mass is 16.6. The molecular weight excluding hydrogens is 586 g/mol. The average Bonchev–Trinajstić information content (AvgIpc) is 3.01. The molecule has 1 aliphatic heterocycles. The van der Waals surface area contributed by atoms with Crippen LogP contribution in [-0.4, -0.2) is 58.6 Å². The molecule has 10 heteroatoms. The van der Waals surface area contributed by atoms with Gasteiger partial charge in [-0.05, 0) is 80.5 Å². The summed E-state index contributed by atoms with van der Waals surface area (Å²) in [7, 11) is 0. The molecule has 3 N–H and O–H groups in total. The molecule has 4 rings (SSSR count). The van der Waals surface area contributed by atoms with E-state index in [1.165, 1.54) is 0 Å². The number of nitrogens with one attached hydrogen (secondary N) is 2. The Morgan fingerprint density at radius 3 is 2.11 bits per heavy atom. The van der Waals surface area contributed by atoms with Crippen molar-refractivity contribution in [1.82, 2.24) is 10.2 Å². The fourth-order valence-electron chi connectivity index (χ4n) is 5.21. The van der Waals surface area contributed by atoms with Gasteiger partial charge in [0.05, 0.1) is 6.42 Å². The molecule has 1 saturated heterocycles. The lowest BCUT2D eigenvalue weighted by atomic mass is 9.92. The summed E-state index contributed by atoms with van der Waals surface area (Å²) in [5.74, 6) is -0.651. The second-order valence-electron chi connectivity index (χ2n) is 12.6. The largest absolute Gasteiger partial charge is 0.489 e. The van der Waals surface area contributed by atoms with E-state index in [-0.39, 0.29) is 37.0 Å². The minimum absolute atomic E-state index is 0.00169. The van der Waals surface area contributed by atoms with Gasteiger partial charge in [-0.3, -0.25) is 14.9 Å². The topological polar surface area (TPSA) is 134 Å². The molecule has 1 atom stereocenters. The Morgan fingerprint density at radius 2 is 1.50 bits per heavy atom. The number of benzene rings is 3. The summed E-state index contributed by atoms with van der Waals surface area (Å²) < 4.78 is 11.1. The molecule has 3 amide bonds. The van der Waals surface area contributed by atoms with Crippen LogP contribution in [0.2, 0.25) is 0 Å². The second kappa shape index (κ2) is 15.9. The Morgan fingerprint density at radius 1 is 0.870 bits per heavy atom. The van der Waals surface area contributed by atoms with Gasteiger partial charge in [-0.2, -0.15) is 0 Å². The summed E-state index contributed by atoms with van der Waals surface area (Å²) in [6.45, 7) is 6.89. The van der Waals surface area contributed by atoms with E-state index < -0.39 is 23.7 Å². The molecule has 1 heterocycles. The SMILES string of the molecule is CC(C)(C)OC(=O)Nc1ccc(CC(=O)N2CCC(CC(=O)NC(Cc3ccc(OCc4ccccc4)cc3)C(=O)O)CC2)cc1. The van der Waals surface area contributed by atoms with E-state index >= 15 is 0 Å². The van der Waals surface area contributed by atoms with Crippen LogP contribution < -0.4 is 15.4 Å². The van der Waals surface area contributed by atoms with Crippen molar-refractivity contribution in [2.24, 2.45) is 5.92 Å². The molecule has 3 aromatic rings. The standard InChI is InChI=1S/C36H43N3O7/c1-36(2,3)46-35(44)37-29-13-9-26(10-14-29)23-33(41)39-19-17-27(18-20-39)22-32(40)38-31(34(42)43)21-25-11-15-30(16-12-25)45-24-28-7-5-4-6-8-28/h4-16,27,31H,17-24H2,1-3H3,(H,37,44)(H,38,40)(H,42,43). The normalized spacial score (nSPS) is 14.2. The molecule has 0 aromatic heterocycles. The number of aliphatic carboxylic acids is 1. The smallest absolute Gasteiger partial charge is 0.412 e. The van der Waals surface area contributed by atoms with Crippen molar-refractivity contribution in [1.29, 1.82) is 0 Å². The molecule has 1 fully saturated rings. The van der Waals surface area contributed by atoms with Gasteiger partial charge >= 0.3 is 12.1 Å². The molecule has 0 saturated carbocycles. The lowest BCUT2D eigenvalue weighted by molar-refractivity contribution is -0.142. The molecule has 1 aliphatic rings. The van der Waals surface area contributed by atoms with Gasteiger partial charge in [0.15, 0.2) is 0 Å². The first-order valence-electron chi connectivity index (χ1n) is 15.6. The number of rotatable bonds is 12. The number of piperidine rings is 1. The Bertz CT molecular complexity index is 1460. The number of likely N-dealkylation sites (tertiary alicyclic amines) is 1. The third-order valence-electron chi connectivity index (χ3n) is 7.64. The van der Waals surface area contributed by atoms with Crippen molar-refractivity contribution in [3.05, 3.63) is 95.6 Å². The van der Waals surface area contributed by atoms with Crippen molar-refractivity contribution in [3.63, 3.8) is 0 Å². The van der Waals surface area contributed by atoms with E-state index in [9.17, 15) is 24.3 Å². The number of carboxylic acid groups (broad SMARTS) is 1. The van der Waals surface area contributed by atoms with Crippen LogP contribution in [0, 0.1) is 5.92 Å². The van der Waals surface area contributed by atoms with Gasteiger partial charge in [-0.15, -0.1) is 0 Å². The lowest BCUT2D eigenvalue weighted by Gasteiger charge is -2.32. The predicted octanol–water partition coefficient (Wildman–Crippen LogP) is 5.60. The van der Waals surface area contributed by atoms with Crippen LogP contribution in [0.25, 0.3) is 0 Å². The Balaban J connectivity index is 1.17. The Kier molecular flexibility index (Phi) is 11.8. The Hall–Kier alpha value is -4.86. The van der Waals surface area contributed by atoms with Crippen LogP contribution in [0.4, 0.5) is 10.5 Å². The minimum Gasteiger partial charge on any atom is -0.489 e. The maximum Gasteiger partial charge on any atom is 0.412 e. The zero-order chi connectivity index (χ0) is 33.1. The quantitative estimate of drug-likeness (QED) is 0.238. The van der Waals surface area contributed by atoms with Crippen molar-refractivity contribution in [2.45, 2.75) is 71.1 Å². The van der Waals surface area contributed by atoms with Gasteiger partial charge in [-0.25, -0.2) is 9.59 Å². The molecule has 1 unspecified atom stereocenters. The monoisotopic (exact) mass is 629 g/mol. The van der Waals surface area contributed by atoms with Crippen molar-refractivity contribution >= 4 is 29.6 Å². The molecule has 0 aliphatic carbocycles. The second-order valence-corrected chi connectivity index (χ2v) is 12.6.